The summed E-state index contributed by atoms with van der Waals surface area (Å²) in [5.74, 6) is -0.730. The van der Waals surface area contributed by atoms with Gasteiger partial charge in [-0.25, -0.2) is 18.9 Å². The molecule has 2 N–H and O–H groups in total. The molecule has 196 valence electrons. The number of benzene rings is 2. The molecule has 0 bridgehead atoms. The molecule has 0 aliphatic rings. The summed E-state index contributed by atoms with van der Waals surface area (Å²) in [6, 6.07) is 10.0. The molecule has 0 saturated heterocycles. The summed E-state index contributed by atoms with van der Waals surface area (Å²) in [6.45, 7) is 0.0402. The summed E-state index contributed by atoms with van der Waals surface area (Å²) in [7, 11) is 0. The largest absolute Gasteiger partial charge is 0.416 e. The highest BCUT2D eigenvalue weighted by molar-refractivity contribution is 6.32. The molecule has 4 aromatic rings. The van der Waals surface area contributed by atoms with Crippen molar-refractivity contribution in [1.29, 1.82) is 0 Å². The van der Waals surface area contributed by atoms with Gasteiger partial charge in [0.25, 0.3) is 0 Å². The molecule has 37 heavy (non-hydrogen) atoms. The molecule has 2 aromatic heterocycles. The lowest BCUT2D eigenvalue weighted by atomic mass is 10.1. The van der Waals surface area contributed by atoms with Crippen molar-refractivity contribution in [3.05, 3.63) is 86.7 Å². The quantitative estimate of drug-likeness (QED) is 0.328. The van der Waals surface area contributed by atoms with Crippen LogP contribution in [-0.2, 0) is 13.1 Å². The van der Waals surface area contributed by atoms with Gasteiger partial charge in [-0.3, -0.25) is 9.13 Å². The molecule has 0 spiro atoms. The van der Waals surface area contributed by atoms with Gasteiger partial charge in [-0.1, -0.05) is 41.4 Å². The Hall–Kier alpha value is -3.19. The SMILES string of the molecule is CC(O)c1nc(Cn2cc(-c3ccc(Cl)cc3)n(CC(O)C(F)(F)F)c2=O)nn1-c1cccc(F)c1Cl. The predicted octanol–water partition coefficient (Wildman–Crippen LogP) is 4.37. The Labute approximate surface area is 216 Å². The minimum atomic E-state index is -4.95. The van der Waals surface area contributed by atoms with Crippen LogP contribution in [0.5, 0.6) is 0 Å². The number of imidazole rings is 1. The summed E-state index contributed by atoms with van der Waals surface area (Å²) >= 11 is 12.0. The highest BCUT2D eigenvalue weighted by atomic mass is 35.5. The fraction of sp³-hybridized carbons (Fsp3) is 0.261. The third-order valence-corrected chi connectivity index (χ3v) is 6.07. The van der Waals surface area contributed by atoms with E-state index in [0.717, 1.165) is 19.9 Å². The van der Waals surface area contributed by atoms with Crippen molar-refractivity contribution in [2.75, 3.05) is 0 Å². The maximum Gasteiger partial charge on any atom is 0.416 e. The van der Waals surface area contributed by atoms with E-state index in [1.165, 1.54) is 49.5 Å². The monoisotopic (exact) mass is 559 g/mol. The second-order valence-corrected chi connectivity index (χ2v) is 8.96. The Bertz CT molecular complexity index is 1480. The molecule has 0 fully saturated rings. The fourth-order valence-electron chi connectivity index (χ4n) is 3.64. The number of hydrogen-bond donors (Lipinski definition) is 2. The van der Waals surface area contributed by atoms with Gasteiger partial charge in [0.15, 0.2) is 17.8 Å². The summed E-state index contributed by atoms with van der Waals surface area (Å²) in [6.07, 6.45) is -7.60. The molecular formula is C23H19Cl2F4N5O3. The first-order chi connectivity index (χ1) is 17.4. The Morgan fingerprint density at radius 2 is 1.76 bits per heavy atom. The normalized spacial score (nSPS) is 13.6. The van der Waals surface area contributed by atoms with Gasteiger partial charge in [0, 0.05) is 11.2 Å². The van der Waals surface area contributed by atoms with E-state index >= 15 is 0 Å². The van der Waals surface area contributed by atoms with E-state index in [0.29, 0.717) is 10.6 Å². The standard InChI is InChI=1S/C23H19Cl2F4N5O3/c1-12(35)21-30-19(31-34(21)16-4-2-3-15(26)20(16)25)11-32-9-17(13-5-7-14(24)8-6-13)33(22(32)37)10-18(36)23(27,28)29/h2-9,12,18,35-36H,10-11H2,1H3. The highest BCUT2D eigenvalue weighted by Gasteiger charge is 2.39. The van der Waals surface area contributed by atoms with E-state index in [9.17, 15) is 32.6 Å². The summed E-state index contributed by atoms with van der Waals surface area (Å²) in [5, 5.41) is 24.2. The third kappa shape index (κ3) is 5.57. The van der Waals surface area contributed by atoms with Crippen LogP contribution in [0.15, 0.2) is 53.5 Å². The second kappa shape index (κ2) is 10.3. The van der Waals surface area contributed by atoms with E-state index in [4.69, 9.17) is 23.2 Å². The van der Waals surface area contributed by atoms with Crippen LogP contribution < -0.4 is 5.69 Å². The molecule has 2 heterocycles. The van der Waals surface area contributed by atoms with Crippen LogP contribution >= 0.6 is 23.2 Å². The average molecular weight is 560 g/mol. The van der Waals surface area contributed by atoms with Gasteiger partial charge < -0.3 is 10.2 Å². The minimum absolute atomic E-state index is 0.000370. The molecule has 2 aromatic carbocycles. The highest BCUT2D eigenvalue weighted by Crippen LogP contribution is 2.27. The zero-order valence-corrected chi connectivity index (χ0v) is 20.5. The van der Waals surface area contributed by atoms with Crippen molar-refractivity contribution in [3.8, 4) is 16.9 Å². The maximum atomic E-state index is 14.0. The average Bonchev–Trinajstić information content (AvgIpc) is 3.38. The van der Waals surface area contributed by atoms with Crippen LogP contribution in [0.4, 0.5) is 17.6 Å². The van der Waals surface area contributed by atoms with Gasteiger partial charge in [-0.2, -0.15) is 13.2 Å². The molecule has 0 amide bonds. The smallest absolute Gasteiger partial charge is 0.385 e. The Balaban J connectivity index is 1.79. The van der Waals surface area contributed by atoms with Crippen LogP contribution in [-0.4, -0.2) is 46.4 Å². The molecule has 0 aliphatic carbocycles. The topological polar surface area (TPSA) is 98.1 Å². The fourth-order valence-corrected chi connectivity index (χ4v) is 3.97. The number of aliphatic hydroxyl groups is 2. The first-order valence-corrected chi connectivity index (χ1v) is 11.5. The van der Waals surface area contributed by atoms with E-state index in [2.05, 4.69) is 10.1 Å². The molecule has 0 saturated carbocycles. The number of nitrogens with zero attached hydrogens (tertiary/aromatic N) is 5. The molecule has 8 nitrogen and oxygen atoms in total. The van der Waals surface area contributed by atoms with Crippen LogP contribution in [0, 0.1) is 5.82 Å². The number of aromatic nitrogens is 5. The van der Waals surface area contributed by atoms with E-state index in [1.54, 1.807) is 0 Å². The first kappa shape index (κ1) is 26.9. The van der Waals surface area contributed by atoms with E-state index in [-0.39, 0.29) is 34.6 Å². The minimum Gasteiger partial charge on any atom is -0.385 e. The maximum absolute atomic E-state index is 14.0. The van der Waals surface area contributed by atoms with Crippen molar-refractivity contribution in [2.24, 2.45) is 0 Å². The lowest BCUT2D eigenvalue weighted by Gasteiger charge is -2.16. The van der Waals surface area contributed by atoms with Gasteiger partial charge in [0.05, 0.1) is 24.5 Å². The van der Waals surface area contributed by atoms with Crippen LogP contribution in [0.3, 0.4) is 0 Å². The predicted molar refractivity (Wildman–Crippen MR) is 127 cm³/mol. The molecule has 14 heteroatoms. The molecule has 2 unspecified atom stereocenters. The van der Waals surface area contributed by atoms with Gasteiger partial charge >= 0.3 is 11.9 Å². The number of halogens is 6. The van der Waals surface area contributed by atoms with Crippen molar-refractivity contribution < 1.29 is 27.8 Å². The van der Waals surface area contributed by atoms with Crippen molar-refractivity contribution in [2.45, 2.75) is 38.4 Å². The zero-order valence-electron chi connectivity index (χ0n) is 19.0. The van der Waals surface area contributed by atoms with Crippen molar-refractivity contribution in [1.82, 2.24) is 23.9 Å². The summed E-state index contributed by atoms with van der Waals surface area (Å²) in [4.78, 5) is 17.4. The van der Waals surface area contributed by atoms with Gasteiger partial charge in [0.1, 0.15) is 16.9 Å². The van der Waals surface area contributed by atoms with E-state index < -0.39 is 36.4 Å². The summed E-state index contributed by atoms with van der Waals surface area (Å²) in [5.41, 5.74) is -0.305. The van der Waals surface area contributed by atoms with Crippen molar-refractivity contribution >= 4 is 23.2 Å². The number of hydrogen-bond acceptors (Lipinski definition) is 5. The lowest BCUT2D eigenvalue weighted by molar-refractivity contribution is -0.207. The van der Waals surface area contributed by atoms with Crippen LogP contribution in [0.1, 0.15) is 24.7 Å². The number of alkyl halides is 3. The van der Waals surface area contributed by atoms with Crippen LogP contribution in [0.25, 0.3) is 16.9 Å². The van der Waals surface area contributed by atoms with E-state index in [1.807, 2.05) is 0 Å². The Morgan fingerprint density at radius 3 is 2.38 bits per heavy atom. The van der Waals surface area contributed by atoms with Gasteiger partial charge in [-0.05, 0) is 36.8 Å². The molecule has 0 aliphatic heterocycles. The lowest BCUT2D eigenvalue weighted by Crippen LogP contribution is -2.37. The zero-order chi connectivity index (χ0) is 27.1. The molecular weight excluding hydrogens is 541 g/mol. The Kier molecular flexibility index (Phi) is 7.47. The van der Waals surface area contributed by atoms with Gasteiger partial charge in [0.2, 0.25) is 0 Å². The summed E-state index contributed by atoms with van der Waals surface area (Å²) < 4.78 is 56.2. The number of aliphatic hydroxyl groups excluding tert-OH is 2. The first-order valence-electron chi connectivity index (χ1n) is 10.8. The molecule has 4 rings (SSSR count). The number of rotatable bonds is 7. The Morgan fingerprint density at radius 1 is 1.08 bits per heavy atom. The molecule has 2 atom stereocenters. The van der Waals surface area contributed by atoms with Gasteiger partial charge in [-0.15, -0.1) is 5.10 Å². The van der Waals surface area contributed by atoms with Crippen molar-refractivity contribution in [3.63, 3.8) is 0 Å². The molecule has 0 radical (unpaired) electrons. The second-order valence-electron chi connectivity index (χ2n) is 8.15. The van der Waals surface area contributed by atoms with Crippen LogP contribution in [0.2, 0.25) is 10.0 Å². The third-order valence-electron chi connectivity index (χ3n) is 5.44.